The number of piperidine rings is 1. The van der Waals surface area contributed by atoms with Crippen LogP contribution in [0.5, 0.6) is 0 Å². The molecule has 0 radical (unpaired) electrons. The average Bonchev–Trinajstić information content (AvgIpc) is 2.49. The predicted octanol–water partition coefficient (Wildman–Crippen LogP) is 2.31. The molecule has 20 heavy (non-hydrogen) atoms. The molecule has 1 fully saturated rings. The molecule has 104 valence electrons. The second-order valence-corrected chi connectivity index (χ2v) is 5.38. The third-order valence-corrected chi connectivity index (χ3v) is 3.93. The highest BCUT2D eigenvalue weighted by atomic mass is 15.1. The predicted molar refractivity (Wildman–Crippen MR) is 81.0 cm³/mol. The van der Waals surface area contributed by atoms with Crippen molar-refractivity contribution in [1.82, 2.24) is 10.2 Å². The summed E-state index contributed by atoms with van der Waals surface area (Å²) in [6, 6.07) is 10.8. The number of nitrogens with one attached hydrogen (secondary N) is 1. The van der Waals surface area contributed by atoms with Gasteiger partial charge in [-0.2, -0.15) is 5.26 Å². The number of benzene rings is 1. The van der Waals surface area contributed by atoms with Crippen molar-refractivity contribution in [3.05, 3.63) is 35.4 Å². The van der Waals surface area contributed by atoms with Crippen molar-refractivity contribution >= 4 is 0 Å². The Labute approximate surface area is 121 Å². The lowest BCUT2D eigenvalue weighted by molar-refractivity contribution is 0.211. The maximum Gasteiger partial charge on any atom is 0.0991 e. The van der Waals surface area contributed by atoms with Crippen molar-refractivity contribution in [1.29, 1.82) is 5.26 Å². The molecule has 1 N–H and O–H groups in total. The Balaban J connectivity index is 1.84. The lowest BCUT2D eigenvalue weighted by Crippen LogP contribution is -2.43. The molecule has 0 bridgehead atoms. The van der Waals surface area contributed by atoms with Gasteiger partial charge >= 0.3 is 0 Å². The summed E-state index contributed by atoms with van der Waals surface area (Å²) in [5, 5.41) is 12.5. The van der Waals surface area contributed by atoms with E-state index in [9.17, 15) is 0 Å². The minimum absolute atomic E-state index is 0.312. The van der Waals surface area contributed by atoms with Crippen LogP contribution in [0.25, 0.3) is 0 Å². The summed E-state index contributed by atoms with van der Waals surface area (Å²) in [4.78, 5) is 2.32. The zero-order chi connectivity index (χ0) is 14.4. The lowest BCUT2D eigenvalue weighted by Gasteiger charge is -2.33. The second kappa shape index (κ2) is 7.10. The molecule has 0 amide bonds. The molecule has 2 rings (SSSR count). The second-order valence-electron chi connectivity index (χ2n) is 5.38. The topological polar surface area (TPSA) is 39.1 Å². The van der Waals surface area contributed by atoms with Gasteiger partial charge < -0.3 is 5.32 Å². The molecule has 0 saturated carbocycles. The van der Waals surface area contributed by atoms with E-state index in [1.54, 1.807) is 0 Å². The van der Waals surface area contributed by atoms with Gasteiger partial charge in [-0.15, -0.1) is 6.42 Å². The smallest absolute Gasteiger partial charge is 0.0991 e. The van der Waals surface area contributed by atoms with E-state index in [1.807, 2.05) is 24.3 Å². The molecule has 1 aliphatic heterocycles. The first kappa shape index (κ1) is 14.6. The van der Waals surface area contributed by atoms with Gasteiger partial charge in [-0.25, -0.2) is 0 Å². The third kappa shape index (κ3) is 3.84. The van der Waals surface area contributed by atoms with Crippen LogP contribution in [-0.2, 0) is 0 Å². The standard InChI is InChI=1S/C17H21N3/c1-3-10-20-11-8-17(9-12-20)19-14(2)16-6-4-15(13-18)5-7-16/h1,4-7,14,17,19H,8-12H2,2H3. The van der Waals surface area contributed by atoms with Crippen LogP contribution in [0, 0.1) is 23.7 Å². The van der Waals surface area contributed by atoms with Gasteiger partial charge in [0.2, 0.25) is 0 Å². The normalized spacial score (nSPS) is 18.1. The summed E-state index contributed by atoms with van der Waals surface area (Å²) in [5.41, 5.74) is 1.94. The van der Waals surface area contributed by atoms with Gasteiger partial charge in [0.1, 0.15) is 0 Å². The number of rotatable bonds is 4. The number of nitrogens with zero attached hydrogens (tertiary/aromatic N) is 2. The summed E-state index contributed by atoms with van der Waals surface area (Å²) in [5.74, 6) is 2.71. The van der Waals surface area contributed by atoms with Gasteiger partial charge in [0.25, 0.3) is 0 Å². The van der Waals surface area contributed by atoms with Crippen molar-refractivity contribution in [2.75, 3.05) is 19.6 Å². The van der Waals surface area contributed by atoms with Gasteiger partial charge in [0.05, 0.1) is 18.2 Å². The quantitative estimate of drug-likeness (QED) is 0.851. The van der Waals surface area contributed by atoms with Gasteiger partial charge in [-0.3, -0.25) is 4.90 Å². The van der Waals surface area contributed by atoms with Gasteiger partial charge in [-0.05, 0) is 37.5 Å². The van der Waals surface area contributed by atoms with E-state index in [1.165, 1.54) is 5.56 Å². The van der Waals surface area contributed by atoms with E-state index in [-0.39, 0.29) is 0 Å². The molecule has 1 aromatic rings. The zero-order valence-electron chi connectivity index (χ0n) is 12.0. The Kier molecular flexibility index (Phi) is 5.18. The van der Waals surface area contributed by atoms with Crippen molar-refractivity contribution in [3.63, 3.8) is 0 Å². The highest BCUT2D eigenvalue weighted by Crippen LogP contribution is 2.17. The van der Waals surface area contributed by atoms with Gasteiger partial charge in [-0.1, -0.05) is 18.1 Å². The molecule has 1 heterocycles. The highest BCUT2D eigenvalue weighted by Gasteiger charge is 2.20. The number of nitriles is 1. The van der Waals surface area contributed by atoms with E-state index in [2.05, 4.69) is 29.1 Å². The first-order valence-corrected chi connectivity index (χ1v) is 7.15. The first-order valence-electron chi connectivity index (χ1n) is 7.15. The van der Waals surface area contributed by atoms with Crippen LogP contribution < -0.4 is 5.32 Å². The zero-order valence-corrected chi connectivity index (χ0v) is 12.0. The van der Waals surface area contributed by atoms with Crippen LogP contribution in [0.4, 0.5) is 0 Å². The number of hydrogen-bond donors (Lipinski definition) is 1. The fourth-order valence-corrected chi connectivity index (χ4v) is 2.68. The molecule has 0 spiro atoms. The van der Waals surface area contributed by atoms with Gasteiger partial charge in [0.15, 0.2) is 0 Å². The number of terminal acetylenes is 1. The molecule has 0 aromatic heterocycles. The first-order chi connectivity index (χ1) is 9.72. The monoisotopic (exact) mass is 267 g/mol. The van der Waals surface area contributed by atoms with E-state index in [4.69, 9.17) is 11.7 Å². The Morgan fingerprint density at radius 2 is 2.00 bits per heavy atom. The molecule has 1 unspecified atom stereocenters. The van der Waals surface area contributed by atoms with E-state index >= 15 is 0 Å². The van der Waals surface area contributed by atoms with Crippen LogP contribution in [0.2, 0.25) is 0 Å². The summed E-state index contributed by atoms with van der Waals surface area (Å²) in [6.45, 7) is 5.08. The van der Waals surface area contributed by atoms with Crippen LogP contribution in [0.3, 0.4) is 0 Å². The Bertz CT molecular complexity index is 499. The molecule has 3 heteroatoms. The van der Waals surface area contributed by atoms with Crippen molar-refractivity contribution in [3.8, 4) is 18.4 Å². The van der Waals surface area contributed by atoms with Crippen LogP contribution in [0.15, 0.2) is 24.3 Å². The Morgan fingerprint density at radius 1 is 1.35 bits per heavy atom. The number of hydrogen-bond acceptors (Lipinski definition) is 3. The molecule has 1 atom stereocenters. The largest absolute Gasteiger partial charge is 0.307 e. The van der Waals surface area contributed by atoms with E-state index < -0.39 is 0 Å². The van der Waals surface area contributed by atoms with Gasteiger partial charge in [0, 0.05) is 25.2 Å². The molecule has 0 aliphatic carbocycles. The van der Waals surface area contributed by atoms with Crippen molar-refractivity contribution < 1.29 is 0 Å². The van der Waals surface area contributed by atoms with Crippen LogP contribution in [-0.4, -0.2) is 30.6 Å². The minimum Gasteiger partial charge on any atom is -0.307 e. The fraction of sp³-hybridized carbons (Fsp3) is 0.471. The maximum atomic E-state index is 8.81. The molecular weight excluding hydrogens is 246 g/mol. The van der Waals surface area contributed by atoms with E-state index in [0.717, 1.165) is 32.5 Å². The van der Waals surface area contributed by atoms with Crippen LogP contribution in [0.1, 0.15) is 36.9 Å². The molecule has 1 aromatic carbocycles. The summed E-state index contributed by atoms with van der Waals surface area (Å²) >= 11 is 0. The molecule has 3 nitrogen and oxygen atoms in total. The molecule has 1 aliphatic rings. The highest BCUT2D eigenvalue weighted by molar-refractivity contribution is 5.32. The summed E-state index contributed by atoms with van der Waals surface area (Å²) < 4.78 is 0. The van der Waals surface area contributed by atoms with E-state index in [0.29, 0.717) is 17.6 Å². The lowest BCUT2D eigenvalue weighted by atomic mass is 10.0. The average molecular weight is 267 g/mol. The maximum absolute atomic E-state index is 8.81. The van der Waals surface area contributed by atoms with Crippen molar-refractivity contribution in [2.45, 2.75) is 31.8 Å². The Morgan fingerprint density at radius 3 is 2.55 bits per heavy atom. The third-order valence-electron chi connectivity index (χ3n) is 3.93. The fourth-order valence-electron chi connectivity index (χ4n) is 2.68. The minimum atomic E-state index is 0.312. The number of likely N-dealkylation sites (tertiary alicyclic amines) is 1. The summed E-state index contributed by atoms with van der Waals surface area (Å²) in [6.07, 6.45) is 7.63. The molecule has 1 saturated heterocycles. The Hall–Kier alpha value is -1.81. The van der Waals surface area contributed by atoms with Crippen LogP contribution >= 0.6 is 0 Å². The SMILES string of the molecule is C#CCN1CCC(NC(C)c2ccc(C#N)cc2)CC1. The molecular formula is C17H21N3. The van der Waals surface area contributed by atoms with Crippen molar-refractivity contribution in [2.24, 2.45) is 0 Å². The summed E-state index contributed by atoms with van der Waals surface area (Å²) in [7, 11) is 0.